The van der Waals surface area contributed by atoms with Gasteiger partial charge in [0.15, 0.2) is 6.61 Å². The molecule has 1 fully saturated rings. The molecule has 1 aliphatic heterocycles. The number of rotatable bonds is 3. The van der Waals surface area contributed by atoms with Crippen molar-refractivity contribution in [2.45, 2.75) is 31.7 Å². The Kier molecular flexibility index (Phi) is 3.68. The van der Waals surface area contributed by atoms with E-state index in [4.69, 9.17) is 10.5 Å². The summed E-state index contributed by atoms with van der Waals surface area (Å²) < 4.78 is 5.36. The van der Waals surface area contributed by atoms with Gasteiger partial charge in [0.2, 0.25) is 5.91 Å². The van der Waals surface area contributed by atoms with Crippen LogP contribution in [0.4, 0.5) is 11.4 Å². The second-order valence-electron chi connectivity index (χ2n) is 5.54. The molecule has 0 radical (unpaired) electrons. The van der Waals surface area contributed by atoms with E-state index in [1.165, 1.54) is 4.90 Å². The number of ether oxygens (including phenoxy) is 1. The lowest BCUT2D eigenvalue weighted by atomic mass is 10.2. The Morgan fingerprint density at radius 3 is 2.90 bits per heavy atom. The monoisotopic (exact) mass is 289 g/mol. The molecule has 6 nitrogen and oxygen atoms in total. The first-order chi connectivity index (χ1) is 10.1. The van der Waals surface area contributed by atoms with E-state index in [1.54, 1.807) is 18.2 Å². The maximum atomic E-state index is 12.1. The number of nitrogen functional groups attached to an aromatic ring is 1. The molecule has 2 aliphatic rings. The number of nitrogens with one attached hydrogen (secondary N) is 1. The van der Waals surface area contributed by atoms with E-state index < -0.39 is 0 Å². The first-order valence-corrected chi connectivity index (χ1v) is 7.25. The van der Waals surface area contributed by atoms with Gasteiger partial charge in [-0.05, 0) is 31.0 Å². The Hall–Kier alpha value is -2.24. The lowest BCUT2D eigenvalue weighted by Gasteiger charge is -2.29. The van der Waals surface area contributed by atoms with Crippen molar-refractivity contribution < 1.29 is 14.3 Å². The molecule has 0 bridgehead atoms. The van der Waals surface area contributed by atoms with Crippen molar-refractivity contribution in [3.8, 4) is 5.75 Å². The van der Waals surface area contributed by atoms with Crippen LogP contribution in [0.1, 0.15) is 25.7 Å². The zero-order valence-corrected chi connectivity index (χ0v) is 11.8. The number of benzene rings is 1. The topological polar surface area (TPSA) is 84.7 Å². The average Bonchev–Trinajstić information content (AvgIpc) is 2.95. The van der Waals surface area contributed by atoms with Crippen molar-refractivity contribution in [2.24, 2.45) is 0 Å². The molecule has 1 saturated carbocycles. The summed E-state index contributed by atoms with van der Waals surface area (Å²) in [6, 6.07) is 5.34. The van der Waals surface area contributed by atoms with Crippen molar-refractivity contribution in [2.75, 3.05) is 23.8 Å². The van der Waals surface area contributed by atoms with Crippen molar-refractivity contribution in [3.05, 3.63) is 18.2 Å². The third kappa shape index (κ3) is 2.94. The standard InChI is InChI=1S/C15H19N3O3/c16-10-5-6-13-12(7-10)18(15(20)9-21-13)8-14(19)17-11-3-1-2-4-11/h5-7,11H,1-4,8-9,16H2,(H,17,19). The van der Waals surface area contributed by atoms with E-state index in [0.29, 0.717) is 17.1 Å². The molecule has 3 rings (SSSR count). The molecule has 0 atom stereocenters. The number of carbonyl (C=O) groups excluding carboxylic acids is 2. The van der Waals surface area contributed by atoms with Gasteiger partial charge in [0.1, 0.15) is 12.3 Å². The summed E-state index contributed by atoms with van der Waals surface area (Å²) >= 11 is 0. The minimum atomic E-state index is -0.227. The summed E-state index contributed by atoms with van der Waals surface area (Å²) in [6.07, 6.45) is 4.35. The van der Waals surface area contributed by atoms with Crippen LogP contribution in [0.2, 0.25) is 0 Å². The lowest BCUT2D eigenvalue weighted by molar-refractivity contribution is -0.125. The van der Waals surface area contributed by atoms with Crippen molar-refractivity contribution in [3.63, 3.8) is 0 Å². The van der Waals surface area contributed by atoms with Gasteiger partial charge in [-0.15, -0.1) is 0 Å². The highest BCUT2D eigenvalue weighted by Crippen LogP contribution is 2.33. The number of nitrogens with zero attached hydrogens (tertiary/aromatic N) is 1. The molecule has 112 valence electrons. The van der Waals surface area contributed by atoms with Gasteiger partial charge >= 0.3 is 0 Å². The molecule has 1 aromatic rings. The number of amides is 2. The van der Waals surface area contributed by atoms with E-state index in [-0.39, 0.29) is 31.0 Å². The lowest BCUT2D eigenvalue weighted by Crippen LogP contribution is -2.46. The van der Waals surface area contributed by atoms with Crippen LogP contribution in [-0.4, -0.2) is 31.0 Å². The third-order valence-electron chi connectivity index (χ3n) is 3.95. The van der Waals surface area contributed by atoms with Crippen LogP contribution in [-0.2, 0) is 9.59 Å². The van der Waals surface area contributed by atoms with Gasteiger partial charge in [-0.25, -0.2) is 0 Å². The Morgan fingerprint density at radius 1 is 1.38 bits per heavy atom. The second-order valence-corrected chi connectivity index (χ2v) is 5.54. The Balaban J connectivity index is 1.73. The predicted molar refractivity (Wildman–Crippen MR) is 79.1 cm³/mol. The molecule has 0 aromatic heterocycles. The molecule has 21 heavy (non-hydrogen) atoms. The fourth-order valence-corrected chi connectivity index (χ4v) is 2.88. The Bertz CT molecular complexity index is 567. The third-order valence-corrected chi connectivity index (χ3v) is 3.95. The van der Waals surface area contributed by atoms with Crippen LogP contribution in [0.25, 0.3) is 0 Å². The highest BCUT2D eigenvalue weighted by Gasteiger charge is 2.28. The SMILES string of the molecule is Nc1ccc2c(c1)N(CC(=O)NC1CCCC1)C(=O)CO2. The van der Waals surface area contributed by atoms with Crippen molar-refractivity contribution in [1.29, 1.82) is 0 Å². The molecule has 2 amide bonds. The van der Waals surface area contributed by atoms with E-state index in [9.17, 15) is 9.59 Å². The number of hydrogen-bond acceptors (Lipinski definition) is 4. The predicted octanol–water partition coefficient (Wildman–Crippen LogP) is 1.05. The van der Waals surface area contributed by atoms with Gasteiger partial charge in [0, 0.05) is 11.7 Å². The smallest absolute Gasteiger partial charge is 0.265 e. The Morgan fingerprint density at radius 2 is 2.14 bits per heavy atom. The number of carbonyl (C=O) groups is 2. The maximum Gasteiger partial charge on any atom is 0.265 e. The summed E-state index contributed by atoms with van der Waals surface area (Å²) in [5.41, 5.74) is 6.86. The minimum absolute atomic E-state index is 0.00907. The molecule has 1 aliphatic carbocycles. The zero-order chi connectivity index (χ0) is 14.8. The van der Waals surface area contributed by atoms with Crippen LogP contribution in [0.15, 0.2) is 18.2 Å². The number of hydrogen-bond donors (Lipinski definition) is 2. The maximum absolute atomic E-state index is 12.1. The summed E-state index contributed by atoms with van der Waals surface area (Å²) in [5, 5.41) is 2.99. The fourth-order valence-electron chi connectivity index (χ4n) is 2.88. The number of fused-ring (bicyclic) bond motifs is 1. The van der Waals surface area contributed by atoms with Gasteiger partial charge in [0.25, 0.3) is 5.91 Å². The van der Waals surface area contributed by atoms with Gasteiger partial charge in [-0.2, -0.15) is 0 Å². The molecule has 0 saturated heterocycles. The average molecular weight is 289 g/mol. The van der Waals surface area contributed by atoms with E-state index >= 15 is 0 Å². The highest BCUT2D eigenvalue weighted by atomic mass is 16.5. The van der Waals surface area contributed by atoms with Crippen molar-refractivity contribution in [1.82, 2.24) is 5.32 Å². The quantitative estimate of drug-likeness (QED) is 0.815. The first kappa shape index (κ1) is 13.7. The molecule has 0 spiro atoms. The van der Waals surface area contributed by atoms with Crippen LogP contribution >= 0.6 is 0 Å². The van der Waals surface area contributed by atoms with Crippen LogP contribution in [0.5, 0.6) is 5.75 Å². The highest BCUT2D eigenvalue weighted by molar-refractivity contribution is 6.02. The van der Waals surface area contributed by atoms with Gasteiger partial charge in [0.05, 0.1) is 5.69 Å². The first-order valence-electron chi connectivity index (χ1n) is 7.25. The normalized spacial score (nSPS) is 18.3. The zero-order valence-electron chi connectivity index (χ0n) is 11.8. The fraction of sp³-hybridized carbons (Fsp3) is 0.467. The van der Waals surface area contributed by atoms with Gasteiger partial charge in [-0.1, -0.05) is 12.8 Å². The van der Waals surface area contributed by atoms with Gasteiger partial charge < -0.3 is 15.8 Å². The minimum Gasteiger partial charge on any atom is -0.482 e. The molecule has 6 heteroatoms. The van der Waals surface area contributed by atoms with Crippen LogP contribution < -0.4 is 20.7 Å². The van der Waals surface area contributed by atoms with E-state index in [0.717, 1.165) is 25.7 Å². The molecule has 1 aromatic carbocycles. The van der Waals surface area contributed by atoms with Crippen LogP contribution in [0, 0.1) is 0 Å². The molecular weight excluding hydrogens is 270 g/mol. The largest absolute Gasteiger partial charge is 0.482 e. The van der Waals surface area contributed by atoms with E-state index in [2.05, 4.69) is 5.32 Å². The molecule has 0 unspecified atom stereocenters. The summed E-state index contributed by atoms with van der Waals surface area (Å²) in [7, 11) is 0. The number of anilines is 2. The summed E-state index contributed by atoms with van der Waals surface area (Å²) in [5.74, 6) is 0.220. The second kappa shape index (κ2) is 5.63. The summed E-state index contributed by atoms with van der Waals surface area (Å²) in [4.78, 5) is 25.6. The molecular formula is C15H19N3O3. The van der Waals surface area contributed by atoms with Gasteiger partial charge in [-0.3, -0.25) is 14.5 Å². The molecule has 1 heterocycles. The van der Waals surface area contributed by atoms with E-state index in [1.807, 2.05) is 0 Å². The van der Waals surface area contributed by atoms with Crippen molar-refractivity contribution >= 4 is 23.2 Å². The Labute approximate surface area is 123 Å². The number of nitrogens with two attached hydrogens (primary N) is 1. The summed E-state index contributed by atoms with van der Waals surface area (Å²) in [6.45, 7) is -0.0389. The van der Waals surface area contributed by atoms with Crippen LogP contribution in [0.3, 0.4) is 0 Å². The molecule has 3 N–H and O–H groups in total.